The summed E-state index contributed by atoms with van der Waals surface area (Å²) in [5.74, 6) is -3.77. The van der Waals surface area contributed by atoms with Crippen LogP contribution in [-0.2, 0) is 16.0 Å². The molecule has 1 aliphatic heterocycles. The van der Waals surface area contributed by atoms with E-state index in [-0.39, 0.29) is 16.6 Å². The lowest BCUT2D eigenvalue weighted by molar-refractivity contribution is -0.122. The van der Waals surface area contributed by atoms with E-state index in [2.05, 4.69) is 0 Å². The SMILES string of the molecule is C[C@@H]1Cc2ccccc2N1C(=O)COC(=O)c1cc(F)c(F)cc1Cl. The Morgan fingerprint density at radius 3 is 2.68 bits per heavy atom. The van der Waals surface area contributed by atoms with Crippen molar-refractivity contribution in [2.24, 2.45) is 0 Å². The number of nitrogens with zero attached hydrogens (tertiary/aromatic N) is 1. The summed E-state index contributed by atoms with van der Waals surface area (Å²) in [6.07, 6.45) is 0.713. The van der Waals surface area contributed by atoms with E-state index in [9.17, 15) is 18.4 Å². The molecule has 0 spiro atoms. The molecular weight excluding hydrogens is 352 g/mol. The highest BCUT2D eigenvalue weighted by Gasteiger charge is 2.31. The number of carbonyl (C=O) groups is 2. The number of ether oxygens (including phenoxy) is 1. The van der Waals surface area contributed by atoms with E-state index in [0.29, 0.717) is 18.6 Å². The zero-order chi connectivity index (χ0) is 18.1. The molecule has 25 heavy (non-hydrogen) atoms. The molecule has 0 saturated heterocycles. The number of rotatable bonds is 3. The molecule has 0 N–H and O–H groups in total. The molecule has 2 aromatic carbocycles. The fourth-order valence-corrected chi connectivity index (χ4v) is 3.13. The van der Waals surface area contributed by atoms with Crippen LogP contribution >= 0.6 is 11.6 Å². The summed E-state index contributed by atoms with van der Waals surface area (Å²) >= 11 is 5.73. The van der Waals surface area contributed by atoms with Gasteiger partial charge in [0.15, 0.2) is 18.2 Å². The maximum absolute atomic E-state index is 13.3. The third kappa shape index (κ3) is 3.35. The van der Waals surface area contributed by atoms with Crippen molar-refractivity contribution in [3.05, 3.63) is 64.2 Å². The van der Waals surface area contributed by atoms with Crippen molar-refractivity contribution in [2.45, 2.75) is 19.4 Å². The highest BCUT2D eigenvalue weighted by molar-refractivity contribution is 6.33. The summed E-state index contributed by atoms with van der Waals surface area (Å²) in [7, 11) is 0. The molecule has 0 unspecified atom stereocenters. The lowest BCUT2D eigenvalue weighted by atomic mass is 10.1. The Morgan fingerprint density at radius 2 is 1.92 bits per heavy atom. The number of para-hydroxylation sites is 1. The first-order valence-electron chi connectivity index (χ1n) is 7.60. The van der Waals surface area contributed by atoms with Crippen LogP contribution in [0.2, 0.25) is 5.02 Å². The van der Waals surface area contributed by atoms with E-state index in [4.69, 9.17) is 16.3 Å². The second-order valence-corrected chi connectivity index (χ2v) is 6.18. The van der Waals surface area contributed by atoms with Gasteiger partial charge in [-0.1, -0.05) is 29.8 Å². The van der Waals surface area contributed by atoms with Gasteiger partial charge >= 0.3 is 5.97 Å². The normalized spacial score (nSPS) is 15.8. The van der Waals surface area contributed by atoms with E-state index in [0.717, 1.165) is 11.3 Å². The summed E-state index contributed by atoms with van der Waals surface area (Å²) in [6, 6.07) is 8.76. The Labute approximate surface area is 148 Å². The molecular formula is C18H14ClF2NO3. The van der Waals surface area contributed by atoms with Crippen LogP contribution in [0.1, 0.15) is 22.8 Å². The minimum Gasteiger partial charge on any atom is -0.452 e. The molecule has 0 bridgehead atoms. The van der Waals surface area contributed by atoms with Gasteiger partial charge in [0, 0.05) is 11.7 Å². The van der Waals surface area contributed by atoms with Gasteiger partial charge < -0.3 is 9.64 Å². The van der Waals surface area contributed by atoms with Gasteiger partial charge in [-0.3, -0.25) is 4.79 Å². The molecule has 0 aromatic heterocycles. The monoisotopic (exact) mass is 365 g/mol. The Bertz CT molecular complexity index is 856. The molecule has 4 nitrogen and oxygen atoms in total. The molecule has 7 heteroatoms. The van der Waals surface area contributed by atoms with Gasteiger partial charge in [-0.05, 0) is 37.1 Å². The Balaban J connectivity index is 1.71. The highest BCUT2D eigenvalue weighted by Crippen LogP contribution is 2.31. The van der Waals surface area contributed by atoms with Crippen molar-refractivity contribution in [2.75, 3.05) is 11.5 Å². The maximum Gasteiger partial charge on any atom is 0.340 e. The zero-order valence-electron chi connectivity index (χ0n) is 13.3. The molecule has 0 fully saturated rings. The van der Waals surface area contributed by atoms with Crippen LogP contribution in [0.5, 0.6) is 0 Å². The molecule has 1 heterocycles. The summed E-state index contributed by atoms with van der Waals surface area (Å²) in [5, 5.41) is -0.281. The smallest absolute Gasteiger partial charge is 0.340 e. The first-order chi connectivity index (χ1) is 11.9. The third-order valence-corrected chi connectivity index (χ3v) is 4.35. The van der Waals surface area contributed by atoms with Gasteiger partial charge in [-0.25, -0.2) is 13.6 Å². The van der Waals surface area contributed by atoms with Crippen molar-refractivity contribution in [3.63, 3.8) is 0 Å². The van der Waals surface area contributed by atoms with Crippen molar-refractivity contribution in [1.82, 2.24) is 0 Å². The molecule has 3 rings (SSSR count). The minimum absolute atomic E-state index is 0.0598. The number of hydrogen-bond acceptors (Lipinski definition) is 3. The van der Waals surface area contributed by atoms with Gasteiger partial charge in [0.1, 0.15) is 0 Å². The topological polar surface area (TPSA) is 46.6 Å². The van der Waals surface area contributed by atoms with Crippen LogP contribution in [0, 0.1) is 11.6 Å². The van der Waals surface area contributed by atoms with E-state index in [1.807, 2.05) is 31.2 Å². The number of carbonyl (C=O) groups excluding carboxylic acids is 2. The van der Waals surface area contributed by atoms with Crippen LogP contribution < -0.4 is 4.90 Å². The Hall–Kier alpha value is -2.47. The largest absolute Gasteiger partial charge is 0.452 e. The average Bonchev–Trinajstić information content (AvgIpc) is 2.91. The molecule has 0 radical (unpaired) electrons. The van der Waals surface area contributed by atoms with Crippen LogP contribution in [0.4, 0.5) is 14.5 Å². The quantitative estimate of drug-likeness (QED) is 0.614. The van der Waals surface area contributed by atoms with Crippen molar-refractivity contribution in [1.29, 1.82) is 0 Å². The number of halogens is 3. The molecule has 0 saturated carbocycles. The van der Waals surface area contributed by atoms with E-state index >= 15 is 0 Å². The maximum atomic E-state index is 13.3. The van der Waals surface area contributed by atoms with E-state index in [1.165, 1.54) is 0 Å². The van der Waals surface area contributed by atoms with Crippen molar-refractivity contribution < 1.29 is 23.1 Å². The Kier molecular flexibility index (Phi) is 4.72. The number of amides is 1. The summed E-state index contributed by atoms with van der Waals surface area (Å²) < 4.78 is 31.3. The van der Waals surface area contributed by atoms with Gasteiger partial charge in [0.2, 0.25) is 0 Å². The van der Waals surface area contributed by atoms with Gasteiger partial charge in [0.05, 0.1) is 10.6 Å². The fraction of sp³-hybridized carbons (Fsp3) is 0.222. The van der Waals surface area contributed by atoms with Crippen LogP contribution in [0.25, 0.3) is 0 Å². The average molecular weight is 366 g/mol. The molecule has 1 amide bonds. The Morgan fingerprint density at radius 1 is 1.24 bits per heavy atom. The number of benzene rings is 2. The lowest BCUT2D eigenvalue weighted by Gasteiger charge is -2.22. The molecule has 1 atom stereocenters. The van der Waals surface area contributed by atoms with Gasteiger partial charge in [-0.2, -0.15) is 0 Å². The number of esters is 1. The van der Waals surface area contributed by atoms with Gasteiger partial charge in [0.25, 0.3) is 5.91 Å². The number of anilines is 1. The highest BCUT2D eigenvalue weighted by atomic mass is 35.5. The molecule has 2 aromatic rings. The summed E-state index contributed by atoms with van der Waals surface area (Å²) in [6.45, 7) is 1.37. The van der Waals surface area contributed by atoms with Gasteiger partial charge in [-0.15, -0.1) is 0 Å². The van der Waals surface area contributed by atoms with Crippen molar-refractivity contribution in [3.8, 4) is 0 Å². The van der Waals surface area contributed by atoms with Crippen LogP contribution in [-0.4, -0.2) is 24.5 Å². The zero-order valence-corrected chi connectivity index (χ0v) is 14.0. The number of hydrogen-bond donors (Lipinski definition) is 0. The second kappa shape index (κ2) is 6.80. The molecule has 0 aliphatic carbocycles. The lowest BCUT2D eigenvalue weighted by Crippen LogP contribution is -2.38. The predicted molar refractivity (Wildman–Crippen MR) is 88.7 cm³/mol. The third-order valence-electron chi connectivity index (χ3n) is 4.03. The van der Waals surface area contributed by atoms with E-state index < -0.39 is 30.1 Å². The van der Waals surface area contributed by atoms with Crippen LogP contribution in [0.15, 0.2) is 36.4 Å². The van der Waals surface area contributed by atoms with E-state index in [1.54, 1.807) is 4.90 Å². The predicted octanol–water partition coefficient (Wildman–Crippen LogP) is 3.75. The van der Waals surface area contributed by atoms with Crippen molar-refractivity contribution >= 4 is 29.2 Å². The number of fused-ring (bicyclic) bond motifs is 1. The van der Waals surface area contributed by atoms with Crippen LogP contribution in [0.3, 0.4) is 0 Å². The standard InChI is InChI=1S/C18H14ClF2NO3/c1-10-6-11-4-2-3-5-16(11)22(10)17(23)9-25-18(24)12-7-14(20)15(21)8-13(12)19/h2-5,7-8,10H,6,9H2,1H3/t10-/m1/s1. The molecule has 1 aliphatic rings. The summed E-state index contributed by atoms with van der Waals surface area (Å²) in [5.41, 5.74) is 1.49. The fourth-order valence-electron chi connectivity index (χ4n) is 2.90. The minimum atomic E-state index is -1.22. The first-order valence-corrected chi connectivity index (χ1v) is 7.98. The molecule has 130 valence electrons. The first kappa shape index (κ1) is 17.4. The summed E-state index contributed by atoms with van der Waals surface area (Å²) in [4.78, 5) is 26.0. The second-order valence-electron chi connectivity index (χ2n) is 5.77.